The maximum Gasteiger partial charge on any atom is 0.340 e. The zero-order chi connectivity index (χ0) is 22.8. The summed E-state index contributed by atoms with van der Waals surface area (Å²) in [4.78, 5) is 14.2. The standard InChI is InChI=1S/C24H25Cl2FINO3/c1-31-24(30)19-10-18(15-2-3-15)22(11-21(19)27)32-13-14-4-6-29(7-5-14)12-16-8-17(25)9-20(26)23(16)28/h8-11,14-15H,2-7,12-13H2,1H3. The molecule has 0 atom stereocenters. The first-order chi connectivity index (χ1) is 15.4. The number of nitrogens with zero attached hydrogens (tertiary/aromatic N) is 1. The average molecular weight is 592 g/mol. The minimum absolute atomic E-state index is 0.0224. The lowest BCUT2D eigenvalue weighted by atomic mass is 9.97. The molecule has 1 saturated heterocycles. The van der Waals surface area contributed by atoms with E-state index in [1.54, 1.807) is 12.1 Å². The van der Waals surface area contributed by atoms with E-state index in [-0.39, 0.29) is 5.56 Å². The van der Waals surface area contributed by atoms with Gasteiger partial charge in [-0.1, -0.05) is 23.2 Å². The number of carbonyl (C=O) groups excluding carboxylic acids is 1. The van der Waals surface area contributed by atoms with Crippen LogP contribution in [0.25, 0.3) is 0 Å². The maximum atomic E-state index is 14.5. The summed E-state index contributed by atoms with van der Waals surface area (Å²) in [5.41, 5.74) is 2.04. The zero-order valence-electron chi connectivity index (χ0n) is 17.8. The number of rotatable bonds is 7. The molecule has 0 amide bonds. The summed E-state index contributed by atoms with van der Waals surface area (Å²) in [6.07, 6.45) is 4.08. The number of carbonyl (C=O) groups is 1. The van der Waals surface area contributed by atoms with Crippen molar-refractivity contribution in [2.45, 2.75) is 38.1 Å². The van der Waals surface area contributed by atoms with Gasteiger partial charge in [0.1, 0.15) is 11.6 Å². The first-order valence-electron chi connectivity index (χ1n) is 10.8. The quantitative estimate of drug-likeness (QED) is 0.204. The Morgan fingerprint density at radius 1 is 1.16 bits per heavy atom. The van der Waals surface area contributed by atoms with Crippen LogP contribution in [-0.2, 0) is 11.3 Å². The first-order valence-corrected chi connectivity index (χ1v) is 12.6. The molecule has 4 rings (SSSR count). The molecule has 0 unspecified atom stereocenters. The smallest absolute Gasteiger partial charge is 0.340 e. The Balaban J connectivity index is 1.34. The molecule has 2 aromatic carbocycles. The Labute approximate surface area is 211 Å². The number of hydrogen-bond donors (Lipinski definition) is 0. The molecule has 0 bridgehead atoms. The summed E-state index contributed by atoms with van der Waals surface area (Å²) in [6, 6.07) is 6.71. The van der Waals surface area contributed by atoms with Gasteiger partial charge in [0.05, 0.1) is 24.3 Å². The van der Waals surface area contributed by atoms with Crippen molar-refractivity contribution in [1.82, 2.24) is 4.90 Å². The third kappa shape index (κ3) is 5.69. The fourth-order valence-corrected chi connectivity index (χ4v) is 5.18. The second-order valence-corrected chi connectivity index (χ2v) is 10.4. The lowest BCUT2D eigenvalue weighted by molar-refractivity contribution is 0.0595. The number of piperidine rings is 1. The van der Waals surface area contributed by atoms with Crippen molar-refractivity contribution in [3.8, 4) is 5.75 Å². The van der Waals surface area contributed by atoms with Gasteiger partial charge >= 0.3 is 5.97 Å². The van der Waals surface area contributed by atoms with Gasteiger partial charge in [-0.2, -0.15) is 0 Å². The van der Waals surface area contributed by atoms with Gasteiger partial charge < -0.3 is 9.47 Å². The monoisotopic (exact) mass is 591 g/mol. The SMILES string of the molecule is COC(=O)c1cc(C2CC2)c(OCC2CCN(Cc3cc(Cl)cc(Cl)c3I)CC2)cc1F. The molecule has 1 saturated carbocycles. The van der Waals surface area contributed by atoms with Gasteiger partial charge in [0.25, 0.3) is 0 Å². The van der Waals surface area contributed by atoms with E-state index in [4.69, 9.17) is 32.7 Å². The summed E-state index contributed by atoms with van der Waals surface area (Å²) in [5, 5.41) is 1.35. The Kier molecular flexibility index (Phi) is 7.85. The number of halogens is 4. The van der Waals surface area contributed by atoms with E-state index in [0.29, 0.717) is 34.2 Å². The van der Waals surface area contributed by atoms with E-state index in [1.807, 2.05) is 6.07 Å². The number of hydrogen-bond acceptors (Lipinski definition) is 4. The van der Waals surface area contributed by atoms with Crippen molar-refractivity contribution in [3.63, 3.8) is 0 Å². The maximum absolute atomic E-state index is 14.5. The molecule has 0 N–H and O–H groups in total. The molecule has 8 heteroatoms. The van der Waals surface area contributed by atoms with Crippen molar-refractivity contribution in [2.24, 2.45) is 5.92 Å². The molecule has 1 aliphatic carbocycles. The Morgan fingerprint density at radius 2 is 1.88 bits per heavy atom. The molecule has 1 aliphatic heterocycles. The summed E-state index contributed by atoms with van der Waals surface area (Å²) >= 11 is 14.7. The molecule has 32 heavy (non-hydrogen) atoms. The molecule has 0 radical (unpaired) electrons. The lowest BCUT2D eigenvalue weighted by Gasteiger charge is -2.32. The van der Waals surface area contributed by atoms with E-state index < -0.39 is 11.8 Å². The van der Waals surface area contributed by atoms with E-state index in [9.17, 15) is 9.18 Å². The van der Waals surface area contributed by atoms with Gasteiger partial charge in [-0.05, 0) is 103 Å². The Hall–Kier alpha value is -1.09. The van der Waals surface area contributed by atoms with Gasteiger partial charge in [0, 0.05) is 21.2 Å². The second-order valence-electron chi connectivity index (χ2n) is 8.53. The van der Waals surface area contributed by atoms with Gasteiger partial charge in [0.2, 0.25) is 0 Å². The molecule has 172 valence electrons. The van der Waals surface area contributed by atoms with Crippen molar-refractivity contribution < 1.29 is 18.7 Å². The van der Waals surface area contributed by atoms with Gasteiger partial charge in [-0.15, -0.1) is 0 Å². The normalized spacial score (nSPS) is 17.4. The third-order valence-corrected chi connectivity index (χ3v) is 8.27. The highest BCUT2D eigenvalue weighted by molar-refractivity contribution is 14.1. The van der Waals surface area contributed by atoms with Crippen LogP contribution < -0.4 is 4.74 Å². The number of esters is 1. The predicted octanol–water partition coefficient (Wildman–Crippen LogP) is 6.69. The number of likely N-dealkylation sites (tertiary alicyclic amines) is 1. The summed E-state index contributed by atoms with van der Waals surface area (Å²) in [7, 11) is 1.26. The Bertz CT molecular complexity index is 1010. The van der Waals surface area contributed by atoms with Gasteiger partial charge in [0.15, 0.2) is 0 Å². The molecular weight excluding hydrogens is 567 g/mol. The van der Waals surface area contributed by atoms with Crippen molar-refractivity contribution in [2.75, 3.05) is 26.8 Å². The van der Waals surface area contributed by atoms with Gasteiger partial charge in [-0.25, -0.2) is 9.18 Å². The molecule has 4 nitrogen and oxygen atoms in total. The van der Waals surface area contributed by atoms with E-state index in [1.165, 1.54) is 13.2 Å². The molecule has 1 heterocycles. The van der Waals surface area contributed by atoms with E-state index in [2.05, 4.69) is 27.5 Å². The fourth-order valence-electron chi connectivity index (χ4n) is 4.16. The lowest BCUT2D eigenvalue weighted by Crippen LogP contribution is -2.35. The van der Waals surface area contributed by atoms with Crippen LogP contribution in [-0.4, -0.2) is 37.7 Å². The summed E-state index contributed by atoms with van der Waals surface area (Å²) in [6.45, 7) is 3.28. The van der Waals surface area contributed by atoms with Crippen LogP contribution >= 0.6 is 45.8 Å². The predicted molar refractivity (Wildman–Crippen MR) is 132 cm³/mol. The van der Waals surface area contributed by atoms with Crippen LogP contribution in [0, 0.1) is 15.3 Å². The van der Waals surface area contributed by atoms with Crippen LogP contribution in [0.15, 0.2) is 24.3 Å². The van der Waals surface area contributed by atoms with Gasteiger partial charge in [-0.3, -0.25) is 4.90 Å². The van der Waals surface area contributed by atoms with Crippen molar-refractivity contribution >= 4 is 51.8 Å². The van der Waals surface area contributed by atoms with Crippen LogP contribution in [0.5, 0.6) is 5.75 Å². The molecule has 0 spiro atoms. The molecule has 2 aromatic rings. The third-order valence-electron chi connectivity index (χ3n) is 6.17. The minimum Gasteiger partial charge on any atom is -0.493 e. The van der Waals surface area contributed by atoms with Crippen LogP contribution in [0.3, 0.4) is 0 Å². The topological polar surface area (TPSA) is 38.8 Å². The number of ether oxygens (including phenoxy) is 2. The van der Waals surface area contributed by atoms with Crippen LogP contribution in [0.4, 0.5) is 4.39 Å². The Morgan fingerprint density at radius 3 is 2.53 bits per heavy atom. The van der Waals surface area contributed by atoms with Crippen molar-refractivity contribution in [1.29, 1.82) is 0 Å². The van der Waals surface area contributed by atoms with Crippen molar-refractivity contribution in [3.05, 3.63) is 60.4 Å². The largest absolute Gasteiger partial charge is 0.493 e. The molecular formula is C24H25Cl2FINO3. The van der Waals surface area contributed by atoms with E-state index >= 15 is 0 Å². The number of methoxy groups -OCH3 is 1. The van der Waals surface area contributed by atoms with Crippen LogP contribution in [0.2, 0.25) is 10.0 Å². The highest BCUT2D eigenvalue weighted by Crippen LogP contribution is 2.45. The summed E-state index contributed by atoms with van der Waals surface area (Å²) < 4.78 is 26.3. The number of benzene rings is 2. The molecule has 2 aliphatic rings. The second kappa shape index (κ2) is 10.5. The zero-order valence-corrected chi connectivity index (χ0v) is 21.5. The molecule has 2 fully saturated rings. The first kappa shape index (κ1) is 24.0. The fraction of sp³-hybridized carbons (Fsp3) is 0.458. The summed E-state index contributed by atoms with van der Waals surface area (Å²) in [5.74, 6) is 0.0505. The molecule has 0 aromatic heterocycles. The highest BCUT2D eigenvalue weighted by Gasteiger charge is 2.30. The van der Waals surface area contributed by atoms with E-state index in [0.717, 1.165) is 60.0 Å². The highest BCUT2D eigenvalue weighted by atomic mass is 127. The van der Waals surface area contributed by atoms with Crippen LogP contribution in [0.1, 0.15) is 53.1 Å². The average Bonchev–Trinajstić information content (AvgIpc) is 3.61. The minimum atomic E-state index is -0.654.